The standard InChI is InChI=1S/C50H33NO/c1-2-13-36(14-3-1)42-20-10-16-37-17-11-21-45(50(37)42)43-18-6-8-22-47(43)51(41-30-31-49-46(33-41)44-19-7-9-23-48(44)52-49)40-28-26-35(27-29-40)39-25-24-34-12-4-5-15-38(34)32-39/h1-33H. The van der Waals surface area contributed by atoms with E-state index in [1.165, 1.54) is 49.4 Å². The highest BCUT2D eigenvalue weighted by molar-refractivity contribution is 6.10. The van der Waals surface area contributed by atoms with Gasteiger partial charge in [0, 0.05) is 27.7 Å². The Bertz CT molecular complexity index is 2900. The van der Waals surface area contributed by atoms with Crippen molar-refractivity contribution >= 4 is 60.5 Å². The van der Waals surface area contributed by atoms with E-state index in [0.29, 0.717) is 0 Å². The summed E-state index contributed by atoms with van der Waals surface area (Å²) in [5, 5.41) is 7.15. The molecule has 0 radical (unpaired) electrons. The van der Waals surface area contributed by atoms with Crippen LogP contribution in [0.25, 0.3) is 76.9 Å². The molecule has 0 aliphatic rings. The molecule has 0 saturated carbocycles. The van der Waals surface area contributed by atoms with E-state index < -0.39 is 0 Å². The monoisotopic (exact) mass is 663 g/mol. The Balaban J connectivity index is 1.18. The maximum atomic E-state index is 6.27. The number of hydrogen-bond acceptors (Lipinski definition) is 2. The Morgan fingerprint density at radius 3 is 1.83 bits per heavy atom. The van der Waals surface area contributed by atoms with Crippen molar-refractivity contribution in [1.29, 1.82) is 0 Å². The highest BCUT2D eigenvalue weighted by Gasteiger charge is 2.21. The Hall–Kier alpha value is -6.90. The smallest absolute Gasteiger partial charge is 0.135 e. The molecule has 0 amide bonds. The summed E-state index contributed by atoms with van der Waals surface area (Å²) in [5.74, 6) is 0. The number of anilines is 3. The zero-order valence-electron chi connectivity index (χ0n) is 28.4. The number of fused-ring (bicyclic) bond motifs is 5. The first-order chi connectivity index (χ1) is 25.8. The second-order valence-corrected chi connectivity index (χ2v) is 13.3. The molecule has 0 unspecified atom stereocenters. The van der Waals surface area contributed by atoms with Gasteiger partial charge in [0.1, 0.15) is 11.2 Å². The van der Waals surface area contributed by atoms with E-state index in [0.717, 1.165) is 44.6 Å². The third-order valence-electron chi connectivity index (χ3n) is 10.3. The van der Waals surface area contributed by atoms with Crippen molar-refractivity contribution in [1.82, 2.24) is 0 Å². The third kappa shape index (κ3) is 5.12. The Morgan fingerprint density at radius 2 is 0.962 bits per heavy atom. The first-order valence-electron chi connectivity index (χ1n) is 17.8. The highest BCUT2D eigenvalue weighted by atomic mass is 16.3. The molecule has 0 aliphatic carbocycles. The minimum absolute atomic E-state index is 0.881. The van der Waals surface area contributed by atoms with E-state index in [4.69, 9.17) is 4.42 Å². The molecular formula is C50H33NO. The van der Waals surface area contributed by atoms with E-state index in [2.05, 4.69) is 193 Å². The fourth-order valence-electron chi connectivity index (χ4n) is 7.77. The van der Waals surface area contributed by atoms with Gasteiger partial charge in [-0.25, -0.2) is 0 Å². The van der Waals surface area contributed by atoms with E-state index in [1.807, 2.05) is 12.1 Å². The van der Waals surface area contributed by atoms with Gasteiger partial charge in [0.2, 0.25) is 0 Å². The minimum atomic E-state index is 0.881. The fourth-order valence-corrected chi connectivity index (χ4v) is 7.77. The molecule has 0 spiro atoms. The van der Waals surface area contributed by atoms with Crippen molar-refractivity contribution in [3.8, 4) is 33.4 Å². The summed E-state index contributed by atoms with van der Waals surface area (Å²) in [6, 6.07) is 71.8. The van der Waals surface area contributed by atoms with E-state index in [1.54, 1.807) is 0 Å². The van der Waals surface area contributed by atoms with Crippen LogP contribution in [0.4, 0.5) is 17.1 Å². The first-order valence-corrected chi connectivity index (χ1v) is 17.8. The first kappa shape index (κ1) is 30.0. The Morgan fingerprint density at radius 1 is 0.327 bits per heavy atom. The lowest BCUT2D eigenvalue weighted by Crippen LogP contribution is -2.11. The maximum absolute atomic E-state index is 6.27. The van der Waals surface area contributed by atoms with Crippen molar-refractivity contribution in [3.05, 3.63) is 200 Å². The second kappa shape index (κ2) is 12.5. The number of benzene rings is 9. The molecule has 244 valence electrons. The van der Waals surface area contributed by atoms with Crippen LogP contribution in [0.2, 0.25) is 0 Å². The summed E-state index contributed by atoms with van der Waals surface area (Å²) >= 11 is 0. The third-order valence-corrected chi connectivity index (χ3v) is 10.3. The lowest BCUT2D eigenvalue weighted by molar-refractivity contribution is 0.669. The van der Waals surface area contributed by atoms with Gasteiger partial charge in [0.25, 0.3) is 0 Å². The largest absolute Gasteiger partial charge is 0.456 e. The molecule has 0 bridgehead atoms. The fraction of sp³-hybridized carbons (Fsp3) is 0. The predicted molar refractivity (Wildman–Crippen MR) is 220 cm³/mol. The average Bonchev–Trinajstić information content (AvgIpc) is 3.59. The molecule has 1 aromatic heterocycles. The van der Waals surface area contributed by atoms with Crippen LogP contribution in [0.5, 0.6) is 0 Å². The number of rotatable bonds is 6. The Labute approximate surface area is 302 Å². The van der Waals surface area contributed by atoms with E-state index in [-0.39, 0.29) is 0 Å². The summed E-state index contributed by atoms with van der Waals surface area (Å²) in [4.78, 5) is 2.39. The molecule has 0 fully saturated rings. The normalized spacial score (nSPS) is 11.5. The number of hydrogen-bond donors (Lipinski definition) is 0. The molecule has 0 aliphatic heterocycles. The zero-order valence-corrected chi connectivity index (χ0v) is 28.4. The van der Waals surface area contributed by atoms with Crippen LogP contribution in [0.1, 0.15) is 0 Å². The van der Waals surface area contributed by atoms with Gasteiger partial charge in [-0.2, -0.15) is 0 Å². The van der Waals surface area contributed by atoms with Crippen LogP contribution in [0.3, 0.4) is 0 Å². The van der Waals surface area contributed by atoms with Crippen molar-refractivity contribution in [2.24, 2.45) is 0 Å². The van der Waals surface area contributed by atoms with Gasteiger partial charge in [-0.15, -0.1) is 0 Å². The number of para-hydroxylation sites is 2. The van der Waals surface area contributed by atoms with Gasteiger partial charge in [-0.1, -0.05) is 152 Å². The molecule has 2 nitrogen and oxygen atoms in total. The van der Waals surface area contributed by atoms with Crippen LogP contribution >= 0.6 is 0 Å². The molecule has 0 atom stereocenters. The van der Waals surface area contributed by atoms with Crippen LogP contribution in [0, 0.1) is 0 Å². The van der Waals surface area contributed by atoms with Crippen LogP contribution < -0.4 is 4.90 Å². The van der Waals surface area contributed by atoms with Crippen LogP contribution in [-0.2, 0) is 0 Å². The second-order valence-electron chi connectivity index (χ2n) is 13.3. The summed E-state index contributed by atoms with van der Waals surface area (Å²) < 4.78 is 6.27. The summed E-state index contributed by atoms with van der Waals surface area (Å²) in [6.45, 7) is 0. The van der Waals surface area contributed by atoms with Crippen molar-refractivity contribution in [3.63, 3.8) is 0 Å². The molecule has 10 rings (SSSR count). The van der Waals surface area contributed by atoms with Gasteiger partial charge >= 0.3 is 0 Å². The summed E-state index contributed by atoms with van der Waals surface area (Å²) in [6.07, 6.45) is 0. The van der Waals surface area contributed by atoms with E-state index >= 15 is 0 Å². The molecule has 9 aromatic carbocycles. The highest BCUT2D eigenvalue weighted by Crippen LogP contribution is 2.46. The summed E-state index contributed by atoms with van der Waals surface area (Å²) in [5.41, 5.74) is 12.2. The number of furan rings is 1. The molecule has 0 N–H and O–H groups in total. The number of nitrogens with zero attached hydrogens (tertiary/aromatic N) is 1. The van der Waals surface area contributed by atoms with Gasteiger partial charge < -0.3 is 9.32 Å². The molecular weight excluding hydrogens is 631 g/mol. The minimum Gasteiger partial charge on any atom is -0.456 e. The maximum Gasteiger partial charge on any atom is 0.135 e. The molecule has 1 heterocycles. The zero-order chi connectivity index (χ0) is 34.4. The lowest BCUT2D eigenvalue weighted by atomic mass is 9.90. The van der Waals surface area contributed by atoms with Crippen LogP contribution in [0.15, 0.2) is 205 Å². The molecule has 0 saturated heterocycles. The van der Waals surface area contributed by atoms with Gasteiger partial charge in [-0.3, -0.25) is 0 Å². The van der Waals surface area contributed by atoms with E-state index in [9.17, 15) is 0 Å². The average molecular weight is 664 g/mol. The van der Waals surface area contributed by atoms with Crippen molar-refractivity contribution in [2.45, 2.75) is 0 Å². The summed E-state index contributed by atoms with van der Waals surface area (Å²) in [7, 11) is 0. The molecule has 2 heteroatoms. The Kier molecular flexibility index (Phi) is 7.18. The SMILES string of the molecule is c1ccc(-c2cccc3cccc(-c4ccccc4N(c4ccc(-c5ccc6ccccc6c5)cc4)c4ccc5oc6ccccc6c5c4)c23)cc1. The molecule has 10 aromatic rings. The van der Waals surface area contributed by atoms with Crippen molar-refractivity contribution in [2.75, 3.05) is 4.90 Å². The van der Waals surface area contributed by atoms with Gasteiger partial charge in [0.05, 0.1) is 5.69 Å². The quantitative estimate of drug-likeness (QED) is 0.176. The predicted octanol–water partition coefficient (Wildman–Crippen LogP) is 14.4. The van der Waals surface area contributed by atoms with Gasteiger partial charge in [0.15, 0.2) is 0 Å². The van der Waals surface area contributed by atoms with Gasteiger partial charge in [-0.05, 0) is 97.9 Å². The van der Waals surface area contributed by atoms with Crippen LogP contribution in [-0.4, -0.2) is 0 Å². The molecule has 52 heavy (non-hydrogen) atoms. The lowest BCUT2D eigenvalue weighted by Gasteiger charge is -2.28. The van der Waals surface area contributed by atoms with Crippen molar-refractivity contribution < 1.29 is 4.42 Å². The topological polar surface area (TPSA) is 16.4 Å².